The van der Waals surface area contributed by atoms with Crippen molar-refractivity contribution in [1.82, 2.24) is 4.90 Å². The number of hydrogen-bond acceptors (Lipinski definition) is 1. The maximum absolute atomic E-state index is 2.59. The molecule has 0 bridgehead atoms. The lowest BCUT2D eigenvalue weighted by Gasteiger charge is -2.38. The molecular weight excluding hydrogens is 290 g/mol. The molecule has 5 atom stereocenters. The Morgan fingerprint density at radius 1 is 1.21 bits per heavy atom. The van der Waals surface area contributed by atoms with Crippen molar-refractivity contribution in [2.24, 2.45) is 23.7 Å². The van der Waals surface area contributed by atoms with E-state index in [1.165, 1.54) is 57.1 Å². The highest BCUT2D eigenvalue weighted by molar-refractivity contribution is 5.23. The lowest BCUT2D eigenvalue weighted by atomic mass is 9.72. The van der Waals surface area contributed by atoms with Crippen molar-refractivity contribution >= 4 is 0 Å². The molecule has 0 amide bonds. The van der Waals surface area contributed by atoms with Crippen LogP contribution in [0.5, 0.6) is 0 Å². The van der Waals surface area contributed by atoms with Gasteiger partial charge in [0.1, 0.15) is 0 Å². The second-order valence-corrected chi connectivity index (χ2v) is 8.83. The van der Waals surface area contributed by atoms with Gasteiger partial charge in [0.2, 0.25) is 0 Å². The van der Waals surface area contributed by atoms with Crippen LogP contribution in [0.25, 0.3) is 0 Å². The molecule has 2 fully saturated rings. The number of rotatable bonds is 5. The molecule has 4 unspecified atom stereocenters. The first-order valence-electron chi connectivity index (χ1n) is 10.3. The van der Waals surface area contributed by atoms with Crippen molar-refractivity contribution in [3.8, 4) is 0 Å². The van der Waals surface area contributed by atoms with E-state index in [4.69, 9.17) is 0 Å². The van der Waals surface area contributed by atoms with Gasteiger partial charge in [-0.15, -0.1) is 0 Å². The summed E-state index contributed by atoms with van der Waals surface area (Å²) in [4.78, 5) is 2.57. The van der Waals surface area contributed by atoms with E-state index in [1.54, 1.807) is 5.57 Å². The molecule has 0 spiro atoms. The Bertz CT molecular complexity index is 512. The van der Waals surface area contributed by atoms with Crippen molar-refractivity contribution in [2.45, 2.75) is 78.2 Å². The summed E-state index contributed by atoms with van der Waals surface area (Å²) in [6.45, 7) is 7.13. The lowest BCUT2D eigenvalue weighted by molar-refractivity contribution is 0.196. The summed E-state index contributed by atoms with van der Waals surface area (Å²) in [5, 5.41) is 0. The molecule has 1 heteroatoms. The average Bonchev–Trinajstić information content (AvgIpc) is 2.60. The first kappa shape index (κ1) is 17.8. The van der Waals surface area contributed by atoms with Gasteiger partial charge < -0.3 is 4.90 Å². The van der Waals surface area contributed by atoms with E-state index < -0.39 is 0 Å². The van der Waals surface area contributed by atoms with Gasteiger partial charge in [0.05, 0.1) is 0 Å². The second-order valence-electron chi connectivity index (χ2n) is 8.83. The van der Waals surface area contributed by atoms with E-state index in [1.807, 2.05) is 0 Å². The van der Waals surface area contributed by atoms with Crippen molar-refractivity contribution < 1.29 is 0 Å². The van der Waals surface area contributed by atoms with E-state index >= 15 is 0 Å². The van der Waals surface area contributed by atoms with E-state index in [0.29, 0.717) is 5.92 Å². The molecule has 3 rings (SSSR count). The van der Waals surface area contributed by atoms with Crippen LogP contribution in [-0.2, 0) is 0 Å². The SMILES string of the molecule is C/C(=C\CC1CCC1C)C1CCC[C@H](N(C)C2=CCC(C)C=C2)C1. The average molecular weight is 328 g/mol. The minimum Gasteiger partial charge on any atom is -0.372 e. The molecule has 24 heavy (non-hydrogen) atoms. The summed E-state index contributed by atoms with van der Waals surface area (Å²) in [5.41, 5.74) is 3.12. The Balaban J connectivity index is 1.55. The van der Waals surface area contributed by atoms with E-state index in [9.17, 15) is 0 Å². The fourth-order valence-corrected chi connectivity index (χ4v) is 4.71. The predicted molar refractivity (Wildman–Crippen MR) is 105 cm³/mol. The van der Waals surface area contributed by atoms with Crippen LogP contribution < -0.4 is 0 Å². The Hall–Kier alpha value is -0.980. The summed E-state index contributed by atoms with van der Waals surface area (Å²) in [7, 11) is 2.31. The molecule has 0 aromatic rings. The van der Waals surface area contributed by atoms with Gasteiger partial charge in [0.15, 0.2) is 0 Å². The third kappa shape index (κ3) is 4.16. The van der Waals surface area contributed by atoms with Crippen LogP contribution in [0.1, 0.15) is 72.1 Å². The number of likely N-dealkylation sites (N-methyl/N-ethyl adjacent to an activating group) is 1. The number of allylic oxidation sites excluding steroid dienone is 5. The highest BCUT2D eigenvalue weighted by Crippen LogP contribution is 2.38. The zero-order valence-corrected chi connectivity index (χ0v) is 16.3. The van der Waals surface area contributed by atoms with Crippen molar-refractivity contribution in [3.63, 3.8) is 0 Å². The van der Waals surface area contributed by atoms with Gasteiger partial charge in [-0.05, 0) is 75.2 Å². The third-order valence-corrected chi connectivity index (χ3v) is 7.08. The number of hydrogen-bond donors (Lipinski definition) is 0. The summed E-state index contributed by atoms with van der Waals surface area (Å²) in [5.74, 6) is 3.46. The van der Waals surface area contributed by atoms with Gasteiger partial charge in [-0.2, -0.15) is 0 Å². The molecule has 3 aliphatic rings. The zero-order valence-electron chi connectivity index (χ0n) is 16.3. The topological polar surface area (TPSA) is 3.24 Å². The van der Waals surface area contributed by atoms with Crippen LogP contribution in [0.3, 0.4) is 0 Å². The molecule has 2 saturated carbocycles. The Kier molecular flexibility index (Phi) is 5.89. The first-order chi connectivity index (χ1) is 11.5. The standard InChI is InChI=1S/C23H37N/c1-17-8-14-22(15-9-17)24(4)23-7-5-6-21(16-23)19(3)11-13-20-12-10-18(20)2/h8,11,14-15,17-18,20-21,23H,5-7,9-10,12-13,16H2,1-4H3/b19-11+/t17?,18?,20?,21?,23-/m0/s1. The largest absolute Gasteiger partial charge is 0.372 e. The Morgan fingerprint density at radius 3 is 2.67 bits per heavy atom. The minimum absolute atomic E-state index is 0.709. The first-order valence-corrected chi connectivity index (χ1v) is 10.3. The summed E-state index contributed by atoms with van der Waals surface area (Å²) >= 11 is 0. The predicted octanol–water partition coefficient (Wildman–Crippen LogP) is 6.34. The lowest BCUT2D eigenvalue weighted by Crippen LogP contribution is -2.35. The van der Waals surface area contributed by atoms with Crippen LogP contribution >= 0.6 is 0 Å². The van der Waals surface area contributed by atoms with Gasteiger partial charge in [0, 0.05) is 18.8 Å². The van der Waals surface area contributed by atoms with Gasteiger partial charge in [-0.1, -0.05) is 50.5 Å². The third-order valence-electron chi connectivity index (χ3n) is 7.08. The summed E-state index contributed by atoms with van der Waals surface area (Å²) < 4.78 is 0. The molecule has 0 saturated heterocycles. The second kappa shape index (κ2) is 7.93. The molecule has 0 aliphatic heterocycles. The maximum Gasteiger partial charge on any atom is 0.0322 e. The molecule has 0 heterocycles. The zero-order chi connectivity index (χ0) is 17.1. The highest BCUT2D eigenvalue weighted by Gasteiger charge is 2.28. The van der Waals surface area contributed by atoms with Crippen LogP contribution in [0.4, 0.5) is 0 Å². The van der Waals surface area contributed by atoms with E-state index in [2.05, 4.69) is 57.0 Å². The molecule has 0 aromatic carbocycles. The Labute approximate surface area is 149 Å². The van der Waals surface area contributed by atoms with Gasteiger partial charge >= 0.3 is 0 Å². The van der Waals surface area contributed by atoms with E-state index in [-0.39, 0.29) is 0 Å². The summed E-state index contributed by atoms with van der Waals surface area (Å²) in [6, 6.07) is 0.721. The van der Waals surface area contributed by atoms with Gasteiger partial charge in [0.25, 0.3) is 0 Å². The van der Waals surface area contributed by atoms with E-state index in [0.717, 1.165) is 23.8 Å². The Morgan fingerprint density at radius 2 is 2.04 bits per heavy atom. The van der Waals surface area contributed by atoms with Gasteiger partial charge in [-0.3, -0.25) is 0 Å². The van der Waals surface area contributed by atoms with Crippen molar-refractivity contribution in [3.05, 3.63) is 35.6 Å². The normalized spacial score (nSPS) is 36.9. The van der Waals surface area contributed by atoms with Gasteiger partial charge in [-0.25, -0.2) is 0 Å². The molecule has 0 N–H and O–H groups in total. The molecule has 134 valence electrons. The number of nitrogens with zero attached hydrogens (tertiary/aromatic N) is 1. The van der Waals surface area contributed by atoms with Crippen LogP contribution in [0.2, 0.25) is 0 Å². The van der Waals surface area contributed by atoms with Crippen LogP contribution in [-0.4, -0.2) is 18.0 Å². The molecule has 1 nitrogen and oxygen atoms in total. The molecule has 3 aliphatic carbocycles. The summed E-state index contributed by atoms with van der Waals surface area (Å²) in [6.07, 6.45) is 20.7. The quantitative estimate of drug-likeness (QED) is 0.533. The van der Waals surface area contributed by atoms with Crippen LogP contribution in [0.15, 0.2) is 35.6 Å². The highest BCUT2D eigenvalue weighted by atomic mass is 15.1. The fraction of sp³-hybridized carbons (Fsp3) is 0.739. The van der Waals surface area contributed by atoms with Crippen molar-refractivity contribution in [2.75, 3.05) is 7.05 Å². The maximum atomic E-state index is 2.59. The van der Waals surface area contributed by atoms with Crippen LogP contribution in [0, 0.1) is 23.7 Å². The molecule has 0 radical (unpaired) electrons. The minimum atomic E-state index is 0.709. The monoisotopic (exact) mass is 327 g/mol. The molecule has 0 aromatic heterocycles. The molecular formula is C23H37N. The van der Waals surface area contributed by atoms with Crippen molar-refractivity contribution in [1.29, 1.82) is 0 Å². The smallest absolute Gasteiger partial charge is 0.0322 e. The fourth-order valence-electron chi connectivity index (χ4n) is 4.71.